The highest BCUT2D eigenvalue weighted by Gasteiger charge is 2.14. The zero-order chi connectivity index (χ0) is 14.1. The molecule has 0 radical (unpaired) electrons. The van der Waals surface area contributed by atoms with E-state index in [1.807, 2.05) is 24.3 Å². The van der Waals surface area contributed by atoms with E-state index in [9.17, 15) is 13.2 Å². The molecule has 0 N–H and O–H groups in total. The van der Waals surface area contributed by atoms with Crippen LogP contribution in [0.25, 0.3) is 11.1 Å². The molecule has 102 valence electrons. The molecular weight excluding hydrogens is 261 g/mol. The second kappa shape index (κ2) is 5.16. The van der Waals surface area contributed by atoms with Crippen molar-refractivity contribution in [3.05, 3.63) is 71.6 Å². The molecule has 0 fully saturated rings. The first-order chi connectivity index (χ1) is 9.65. The van der Waals surface area contributed by atoms with Gasteiger partial charge in [0.05, 0.1) is 0 Å². The summed E-state index contributed by atoms with van der Waals surface area (Å²) >= 11 is 0. The van der Waals surface area contributed by atoms with Crippen LogP contribution in [-0.4, -0.2) is 0 Å². The van der Waals surface area contributed by atoms with E-state index in [1.54, 1.807) is 0 Å². The molecule has 3 heteroatoms. The van der Waals surface area contributed by atoms with Crippen molar-refractivity contribution in [1.29, 1.82) is 0 Å². The maximum absolute atomic E-state index is 13.2. The molecule has 1 aliphatic carbocycles. The fourth-order valence-electron chi connectivity index (χ4n) is 2.56. The zero-order valence-electron chi connectivity index (χ0n) is 10.7. The van der Waals surface area contributed by atoms with Crippen LogP contribution in [0.2, 0.25) is 0 Å². The number of rotatable bonds is 2. The number of benzene rings is 2. The maximum Gasteiger partial charge on any atom is 0.194 e. The molecule has 0 amide bonds. The number of hydrogen-bond donors (Lipinski definition) is 0. The minimum absolute atomic E-state index is 0.345. The van der Waals surface area contributed by atoms with Crippen molar-refractivity contribution in [3.63, 3.8) is 0 Å². The van der Waals surface area contributed by atoms with E-state index in [2.05, 4.69) is 12.2 Å². The van der Waals surface area contributed by atoms with Gasteiger partial charge in [0.25, 0.3) is 0 Å². The van der Waals surface area contributed by atoms with Crippen molar-refractivity contribution in [2.45, 2.75) is 18.8 Å². The third-order valence-electron chi connectivity index (χ3n) is 3.71. The fourth-order valence-corrected chi connectivity index (χ4v) is 2.56. The average Bonchev–Trinajstić information content (AvgIpc) is 2.98. The first-order valence-corrected chi connectivity index (χ1v) is 6.55. The standard InChI is InChI=1S/C17H13F3/c18-15-9-14(10-16(19)17(15)20)13-7-5-12(6-8-13)11-3-1-2-4-11/h1-2,5-11H,3-4H2. The Morgan fingerprint density at radius 3 is 1.85 bits per heavy atom. The molecule has 3 rings (SSSR count). The van der Waals surface area contributed by atoms with Crippen molar-refractivity contribution in [2.24, 2.45) is 0 Å². The number of allylic oxidation sites excluding steroid dienone is 2. The fraction of sp³-hybridized carbons (Fsp3) is 0.176. The van der Waals surface area contributed by atoms with E-state index in [-0.39, 0.29) is 0 Å². The Morgan fingerprint density at radius 2 is 1.30 bits per heavy atom. The number of hydrogen-bond acceptors (Lipinski definition) is 0. The highest BCUT2D eigenvalue weighted by atomic mass is 19.2. The maximum atomic E-state index is 13.2. The highest BCUT2D eigenvalue weighted by molar-refractivity contribution is 5.64. The smallest absolute Gasteiger partial charge is 0.194 e. The Bertz CT molecular complexity index is 625. The van der Waals surface area contributed by atoms with Crippen LogP contribution in [0.5, 0.6) is 0 Å². The minimum Gasteiger partial charge on any atom is -0.204 e. The second-order valence-electron chi connectivity index (χ2n) is 5.02. The van der Waals surface area contributed by atoms with Crippen LogP contribution in [-0.2, 0) is 0 Å². The lowest BCUT2D eigenvalue weighted by Crippen LogP contribution is -1.94. The van der Waals surface area contributed by atoms with Gasteiger partial charge >= 0.3 is 0 Å². The summed E-state index contributed by atoms with van der Waals surface area (Å²) in [7, 11) is 0. The molecule has 0 nitrogen and oxygen atoms in total. The van der Waals surface area contributed by atoms with Gasteiger partial charge in [0.2, 0.25) is 0 Å². The topological polar surface area (TPSA) is 0 Å². The minimum atomic E-state index is -1.43. The van der Waals surface area contributed by atoms with Gasteiger partial charge in [-0.25, -0.2) is 13.2 Å². The molecule has 2 aromatic carbocycles. The van der Waals surface area contributed by atoms with Gasteiger partial charge in [-0.05, 0) is 47.6 Å². The third kappa shape index (κ3) is 2.36. The van der Waals surface area contributed by atoms with Gasteiger partial charge < -0.3 is 0 Å². The van der Waals surface area contributed by atoms with Crippen LogP contribution in [0, 0.1) is 17.5 Å². The molecule has 1 aliphatic rings. The van der Waals surface area contributed by atoms with Crippen LogP contribution in [0.3, 0.4) is 0 Å². The molecule has 0 unspecified atom stereocenters. The van der Waals surface area contributed by atoms with Gasteiger partial charge in [-0.15, -0.1) is 0 Å². The molecule has 0 bridgehead atoms. The summed E-state index contributed by atoms with van der Waals surface area (Å²) < 4.78 is 39.4. The van der Waals surface area contributed by atoms with E-state index < -0.39 is 17.5 Å². The summed E-state index contributed by atoms with van der Waals surface area (Å²) in [6.07, 6.45) is 6.37. The lowest BCUT2D eigenvalue weighted by atomic mass is 9.94. The summed E-state index contributed by atoms with van der Waals surface area (Å²) in [5.41, 5.74) is 2.23. The Kier molecular flexibility index (Phi) is 3.35. The molecule has 0 saturated heterocycles. The summed E-state index contributed by atoms with van der Waals surface area (Å²) in [5.74, 6) is -3.26. The highest BCUT2D eigenvalue weighted by Crippen LogP contribution is 2.31. The second-order valence-corrected chi connectivity index (χ2v) is 5.02. The summed E-state index contributed by atoms with van der Waals surface area (Å²) in [4.78, 5) is 0. The quantitative estimate of drug-likeness (QED) is 0.521. The van der Waals surface area contributed by atoms with E-state index in [0.29, 0.717) is 17.0 Å². The summed E-state index contributed by atoms with van der Waals surface area (Å²) in [6, 6.07) is 9.60. The lowest BCUT2D eigenvalue weighted by Gasteiger charge is -2.10. The van der Waals surface area contributed by atoms with E-state index >= 15 is 0 Å². The predicted octanol–water partition coefficient (Wildman–Crippen LogP) is 5.20. The number of halogens is 3. The monoisotopic (exact) mass is 274 g/mol. The van der Waals surface area contributed by atoms with Gasteiger partial charge in [-0.3, -0.25) is 0 Å². The van der Waals surface area contributed by atoms with E-state index in [1.165, 1.54) is 5.56 Å². The van der Waals surface area contributed by atoms with Crippen molar-refractivity contribution in [3.8, 4) is 11.1 Å². The molecular formula is C17H13F3. The summed E-state index contributed by atoms with van der Waals surface area (Å²) in [5, 5.41) is 0. The van der Waals surface area contributed by atoms with Gasteiger partial charge in [0.1, 0.15) is 0 Å². The zero-order valence-corrected chi connectivity index (χ0v) is 10.7. The molecule has 0 spiro atoms. The van der Waals surface area contributed by atoms with Crippen LogP contribution >= 0.6 is 0 Å². The first kappa shape index (κ1) is 13.0. The Morgan fingerprint density at radius 1 is 0.750 bits per heavy atom. The predicted molar refractivity (Wildman–Crippen MR) is 72.9 cm³/mol. The largest absolute Gasteiger partial charge is 0.204 e. The van der Waals surface area contributed by atoms with Gasteiger partial charge in [-0.1, -0.05) is 36.4 Å². The molecule has 0 aromatic heterocycles. The average molecular weight is 274 g/mol. The normalized spacial score (nSPS) is 14.9. The third-order valence-corrected chi connectivity index (χ3v) is 3.71. The van der Waals surface area contributed by atoms with Crippen LogP contribution in [0.15, 0.2) is 48.6 Å². The lowest BCUT2D eigenvalue weighted by molar-refractivity contribution is 0.448. The molecule has 20 heavy (non-hydrogen) atoms. The van der Waals surface area contributed by atoms with Crippen molar-refractivity contribution < 1.29 is 13.2 Å². The van der Waals surface area contributed by atoms with Crippen LogP contribution in [0.4, 0.5) is 13.2 Å². The van der Waals surface area contributed by atoms with Gasteiger partial charge in [0.15, 0.2) is 17.5 Å². The molecule has 0 heterocycles. The van der Waals surface area contributed by atoms with E-state index in [0.717, 1.165) is 25.0 Å². The van der Waals surface area contributed by atoms with Gasteiger partial charge in [0, 0.05) is 0 Å². The molecule has 0 atom stereocenters. The van der Waals surface area contributed by atoms with Crippen LogP contribution < -0.4 is 0 Å². The summed E-state index contributed by atoms with van der Waals surface area (Å²) in [6.45, 7) is 0. The van der Waals surface area contributed by atoms with Crippen LogP contribution in [0.1, 0.15) is 24.3 Å². The molecule has 2 aromatic rings. The van der Waals surface area contributed by atoms with Gasteiger partial charge in [-0.2, -0.15) is 0 Å². The Hall–Kier alpha value is -2.03. The van der Waals surface area contributed by atoms with Crippen molar-refractivity contribution in [1.82, 2.24) is 0 Å². The first-order valence-electron chi connectivity index (χ1n) is 6.55. The Balaban J connectivity index is 1.91. The van der Waals surface area contributed by atoms with Crippen molar-refractivity contribution >= 4 is 0 Å². The molecule has 0 aliphatic heterocycles. The van der Waals surface area contributed by atoms with E-state index in [4.69, 9.17) is 0 Å². The SMILES string of the molecule is Fc1cc(-c2ccc(C3CC=CC3)cc2)cc(F)c1F. The van der Waals surface area contributed by atoms with Crippen molar-refractivity contribution in [2.75, 3.05) is 0 Å². The molecule has 0 saturated carbocycles. The Labute approximate surface area is 115 Å².